The maximum absolute atomic E-state index is 8.70. The van der Waals surface area contributed by atoms with E-state index in [9.17, 15) is 0 Å². The van der Waals surface area contributed by atoms with Gasteiger partial charge in [-0.25, -0.2) is 0 Å². The highest BCUT2D eigenvalue weighted by Crippen LogP contribution is 2.18. The van der Waals surface area contributed by atoms with Gasteiger partial charge in [0, 0.05) is 5.02 Å². The van der Waals surface area contributed by atoms with Gasteiger partial charge in [-0.3, -0.25) is 0 Å². The highest BCUT2D eigenvalue weighted by Gasteiger charge is 1.97. The second-order valence-corrected chi connectivity index (χ2v) is 3.62. The molecule has 0 radical (unpaired) electrons. The van der Waals surface area contributed by atoms with E-state index in [2.05, 4.69) is 18.7 Å². The van der Waals surface area contributed by atoms with Crippen molar-refractivity contribution < 1.29 is 0 Å². The maximum atomic E-state index is 8.70. The smallest absolute Gasteiger partial charge is 0.0991 e. The van der Waals surface area contributed by atoms with Gasteiger partial charge < -0.3 is 0 Å². The normalized spacial score (nSPS) is 10.4. The average Bonchev–Trinajstić information content (AvgIpc) is 2.21. The van der Waals surface area contributed by atoms with E-state index in [-0.39, 0.29) is 0 Å². The first-order chi connectivity index (χ1) is 6.77. The molecule has 0 aromatic heterocycles. The molecule has 14 heavy (non-hydrogen) atoms. The predicted octanol–water partition coefficient (Wildman–Crippen LogP) is 3.54. The summed E-state index contributed by atoms with van der Waals surface area (Å²) in [7, 11) is 0. The molecule has 0 atom stereocenters. The van der Waals surface area contributed by atoms with Crippen LogP contribution in [0.15, 0.2) is 24.3 Å². The minimum atomic E-state index is 0.625. The lowest BCUT2D eigenvalue weighted by atomic mass is 10.1. The van der Waals surface area contributed by atoms with Gasteiger partial charge in [0.2, 0.25) is 0 Å². The summed E-state index contributed by atoms with van der Waals surface area (Å²) in [5.41, 5.74) is 1.51. The first kappa shape index (κ1) is 11.2. The van der Waals surface area contributed by atoms with E-state index in [1.807, 2.05) is 12.2 Å². The van der Waals surface area contributed by atoms with Crippen molar-refractivity contribution in [2.24, 2.45) is 0 Å². The van der Waals surface area contributed by atoms with Crippen LogP contribution in [0.1, 0.15) is 17.5 Å². The molecule has 0 fully saturated rings. The highest BCUT2D eigenvalue weighted by atomic mass is 35.5. The predicted molar refractivity (Wildman–Crippen MR) is 63.7 cm³/mol. The molecule has 0 bridgehead atoms. The average molecular weight is 224 g/mol. The van der Waals surface area contributed by atoms with E-state index in [0.29, 0.717) is 10.6 Å². The molecule has 0 saturated carbocycles. The zero-order chi connectivity index (χ0) is 10.4. The standard InChI is InChI=1S/C11H10ClNS/c12-11-5-4-9(8-13)7-10(11)3-1-2-6-14/h1,3-5,7,14H,2,6H2. The van der Waals surface area contributed by atoms with Crippen LogP contribution in [0.25, 0.3) is 6.08 Å². The molecular weight excluding hydrogens is 214 g/mol. The van der Waals surface area contributed by atoms with Gasteiger partial charge in [-0.05, 0) is 35.9 Å². The Morgan fingerprint density at radius 2 is 2.29 bits per heavy atom. The van der Waals surface area contributed by atoms with Gasteiger partial charge in [0.1, 0.15) is 0 Å². The largest absolute Gasteiger partial charge is 0.192 e. The Labute approximate surface area is 94.4 Å². The third-order valence-corrected chi connectivity index (χ3v) is 2.32. The van der Waals surface area contributed by atoms with Gasteiger partial charge in [-0.1, -0.05) is 23.8 Å². The Bertz CT molecular complexity index is 379. The third-order valence-electron chi connectivity index (χ3n) is 1.72. The van der Waals surface area contributed by atoms with Crippen LogP contribution in [0.2, 0.25) is 5.02 Å². The first-order valence-corrected chi connectivity index (χ1v) is 5.26. The summed E-state index contributed by atoms with van der Waals surface area (Å²) in [6.45, 7) is 0. The molecule has 0 aliphatic rings. The van der Waals surface area contributed by atoms with E-state index in [4.69, 9.17) is 16.9 Å². The zero-order valence-electron chi connectivity index (χ0n) is 7.57. The Balaban J connectivity index is 2.90. The number of halogens is 1. The van der Waals surface area contributed by atoms with E-state index in [1.54, 1.807) is 18.2 Å². The molecule has 0 saturated heterocycles. The molecular formula is C11H10ClNS. The summed E-state index contributed by atoms with van der Waals surface area (Å²) < 4.78 is 0. The minimum absolute atomic E-state index is 0.625. The molecule has 0 amide bonds. The number of nitriles is 1. The van der Waals surface area contributed by atoms with Crippen LogP contribution in [0.4, 0.5) is 0 Å². The van der Waals surface area contributed by atoms with Gasteiger partial charge >= 0.3 is 0 Å². The topological polar surface area (TPSA) is 23.8 Å². The summed E-state index contributed by atoms with van der Waals surface area (Å²) in [6, 6.07) is 7.30. The van der Waals surface area contributed by atoms with Gasteiger partial charge in [0.05, 0.1) is 11.6 Å². The molecule has 0 aliphatic heterocycles. The van der Waals surface area contributed by atoms with Gasteiger partial charge in [0.25, 0.3) is 0 Å². The molecule has 72 valence electrons. The van der Waals surface area contributed by atoms with Crippen LogP contribution in [0.3, 0.4) is 0 Å². The molecule has 0 N–H and O–H groups in total. The van der Waals surface area contributed by atoms with E-state index < -0.39 is 0 Å². The number of thiol groups is 1. The molecule has 1 nitrogen and oxygen atoms in total. The second-order valence-electron chi connectivity index (χ2n) is 2.76. The lowest BCUT2D eigenvalue weighted by Gasteiger charge is -1.98. The number of allylic oxidation sites excluding steroid dienone is 1. The van der Waals surface area contributed by atoms with Crippen molar-refractivity contribution in [3.05, 3.63) is 40.4 Å². The fourth-order valence-electron chi connectivity index (χ4n) is 1.03. The van der Waals surface area contributed by atoms with Crippen molar-refractivity contribution in [2.45, 2.75) is 6.42 Å². The number of hydrogen-bond donors (Lipinski definition) is 1. The lowest BCUT2D eigenvalue weighted by Crippen LogP contribution is -1.79. The fraction of sp³-hybridized carbons (Fsp3) is 0.182. The molecule has 0 heterocycles. The molecule has 3 heteroatoms. The number of benzene rings is 1. The first-order valence-electron chi connectivity index (χ1n) is 4.25. The van der Waals surface area contributed by atoms with Crippen molar-refractivity contribution in [3.8, 4) is 6.07 Å². The Morgan fingerprint density at radius 3 is 2.93 bits per heavy atom. The Morgan fingerprint density at radius 1 is 1.50 bits per heavy atom. The number of hydrogen-bond acceptors (Lipinski definition) is 2. The fourth-order valence-corrected chi connectivity index (χ4v) is 1.36. The number of nitrogens with zero attached hydrogens (tertiary/aromatic N) is 1. The van der Waals surface area contributed by atoms with Crippen LogP contribution < -0.4 is 0 Å². The Hall–Kier alpha value is -0.910. The Kier molecular flexibility index (Phi) is 4.58. The summed E-state index contributed by atoms with van der Waals surface area (Å²) in [5.74, 6) is 0.812. The van der Waals surface area contributed by atoms with Gasteiger partial charge in [-0.2, -0.15) is 17.9 Å². The SMILES string of the molecule is N#Cc1ccc(Cl)c(C=CCCS)c1. The summed E-state index contributed by atoms with van der Waals surface area (Å²) in [5, 5.41) is 9.36. The highest BCUT2D eigenvalue weighted by molar-refractivity contribution is 7.80. The molecule has 1 rings (SSSR count). The van der Waals surface area contributed by atoms with Gasteiger partial charge in [0.15, 0.2) is 0 Å². The monoisotopic (exact) mass is 223 g/mol. The van der Waals surface area contributed by atoms with Crippen LogP contribution >= 0.6 is 24.2 Å². The third kappa shape index (κ3) is 3.10. The van der Waals surface area contributed by atoms with Crippen LogP contribution in [-0.2, 0) is 0 Å². The maximum Gasteiger partial charge on any atom is 0.0991 e. The summed E-state index contributed by atoms with van der Waals surface area (Å²) >= 11 is 10.0. The zero-order valence-corrected chi connectivity index (χ0v) is 9.22. The molecule has 1 aromatic carbocycles. The summed E-state index contributed by atoms with van der Waals surface area (Å²) in [6.07, 6.45) is 4.81. The van der Waals surface area contributed by atoms with E-state index >= 15 is 0 Å². The molecule has 0 aliphatic carbocycles. The van der Waals surface area contributed by atoms with Crippen molar-refractivity contribution in [3.63, 3.8) is 0 Å². The number of rotatable bonds is 3. The van der Waals surface area contributed by atoms with Crippen LogP contribution in [0, 0.1) is 11.3 Å². The van der Waals surface area contributed by atoms with Crippen molar-refractivity contribution >= 4 is 30.3 Å². The molecule has 0 spiro atoms. The molecule has 0 unspecified atom stereocenters. The van der Waals surface area contributed by atoms with Crippen molar-refractivity contribution in [1.29, 1.82) is 5.26 Å². The molecule has 1 aromatic rings. The van der Waals surface area contributed by atoms with E-state index in [0.717, 1.165) is 17.7 Å². The van der Waals surface area contributed by atoms with Crippen molar-refractivity contribution in [1.82, 2.24) is 0 Å². The lowest BCUT2D eigenvalue weighted by molar-refractivity contribution is 1.26. The summed E-state index contributed by atoms with van der Waals surface area (Å²) in [4.78, 5) is 0. The van der Waals surface area contributed by atoms with Crippen LogP contribution in [-0.4, -0.2) is 5.75 Å². The minimum Gasteiger partial charge on any atom is -0.192 e. The van der Waals surface area contributed by atoms with Gasteiger partial charge in [-0.15, -0.1) is 0 Å². The van der Waals surface area contributed by atoms with Crippen molar-refractivity contribution in [2.75, 3.05) is 5.75 Å². The quantitative estimate of drug-likeness (QED) is 0.779. The van der Waals surface area contributed by atoms with E-state index in [1.165, 1.54) is 0 Å². The van der Waals surface area contributed by atoms with Crippen LogP contribution in [0.5, 0.6) is 0 Å². The second kappa shape index (κ2) is 5.74.